The SMILES string of the molecule is O=c1n2c(c3ccccc3[n+]1[O-])NNC2. The number of rotatable bonds is 0. The van der Waals surface area contributed by atoms with Crippen LogP contribution < -0.4 is 21.3 Å². The van der Waals surface area contributed by atoms with Gasteiger partial charge in [-0.3, -0.25) is 5.43 Å². The largest absolute Gasteiger partial charge is 0.708 e. The van der Waals surface area contributed by atoms with E-state index in [9.17, 15) is 10.0 Å². The molecule has 2 aromatic rings. The lowest BCUT2D eigenvalue weighted by molar-refractivity contribution is -0.598. The van der Waals surface area contributed by atoms with Gasteiger partial charge in [-0.1, -0.05) is 12.1 Å². The molecule has 1 aromatic carbocycles. The van der Waals surface area contributed by atoms with E-state index in [1.807, 2.05) is 6.07 Å². The van der Waals surface area contributed by atoms with Crippen LogP contribution in [0.1, 0.15) is 0 Å². The zero-order valence-electron chi connectivity index (χ0n) is 7.73. The highest BCUT2D eigenvalue weighted by molar-refractivity contribution is 5.87. The molecule has 0 amide bonds. The van der Waals surface area contributed by atoms with Crippen molar-refractivity contribution in [1.29, 1.82) is 0 Å². The van der Waals surface area contributed by atoms with Crippen LogP contribution in [0.2, 0.25) is 0 Å². The first-order chi connectivity index (χ1) is 7.29. The Morgan fingerprint density at radius 2 is 2.20 bits per heavy atom. The maximum Gasteiger partial charge on any atom is 0.504 e. The lowest BCUT2D eigenvalue weighted by Crippen LogP contribution is -2.50. The Morgan fingerprint density at radius 3 is 3.07 bits per heavy atom. The molecule has 0 fully saturated rings. The van der Waals surface area contributed by atoms with Crippen LogP contribution in [-0.4, -0.2) is 4.57 Å². The average Bonchev–Trinajstić information content (AvgIpc) is 2.75. The summed E-state index contributed by atoms with van der Waals surface area (Å²) in [5, 5.41) is 12.3. The summed E-state index contributed by atoms with van der Waals surface area (Å²) in [7, 11) is 0. The first-order valence-electron chi connectivity index (χ1n) is 4.53. The molecule has 6 nitrogen and oxygen atoms in total. The summed E-state index contributed by atoms with van der Waals surface area (Å²) in [4.78, 5) is 11.6. The van der Waals surface area contributed by atoms with Gasteiger partial charge in [0.25, 0.3) is 0 Å². The molecule has 1 aliphatic heterocycles. The molecule has 2 heterocycles. The van der Waals surface area contributed by atoms with E-state index in [0.717, 1.165) is 5.39 Å². The Kier molecular flexibility index (Phi) is 1.49. The van der Waals surface area contributed by atoms with Crippen LogP contribution in [0.25, 0.3) is 10.9 Å². The summed E-state index contributed by atoms with van der Waals surface area (Å²) in [6.07, 6.45) is 0. The Labute approximate surface area is 84.3 Å². The van der Waals surface area contributed by atoms with E-state index in [-0.39, 0.29) is 0 Å². The van der Waals surface area contributed by atoms with Crippen molar-refractivity contribution in [1.82, 2.24) is 9.99 Å². The van der Waals surface area contributed by atoms with Crippen molar-refractivity contribution in [3.8, 4) is 0 Å². The molecule has 0 saturated carbocycles. The van der Waals surface area contributed by atoms with Gasteiger partial charge < -0.3 is 5.21 Å². The highest BCUT2D eigenvalue weighted by Gasteiger charge is 2.23. The van der Waals surface area contributed by atoms with Gasteiger partial charge >= 0.3 is 5.69 Å². The molecule has 15 heavy (non-hydrogen) atoms. The third-order valence-corrected chi connectivity index (χ3v) is 2.50. The summed E-state index contributed by atoms with van der Waals surface area (Å²) >= 11 is 0. The van der Waals surface area contributed by atoms with Crippen molar-refractivity contribution in [2.24, 2.45) is 0 Å². The fraction of sp³-hybridized carbons (Fsp3) is 0.111. The van der Waals surface area contributed by atoms with Crippen LogP contribution in [0.4, 0.5) is 5.82 Å². The van der Waals surface area contributed by atoms with E-state index in [2.05, 4.69) is 10.9 Å². The van der Waals surface area contributed by atoms with E-state index in [0.29, 0.717) is 22.7 Å². The highest BCUT2D eigenvalue weighted by atomic mass is 16.5. The number of hydrogen-bond donors (Lipinski definition) is 2. The fourth-order valence-corrected chi connectivity index (χ4v) is 1.79. The average molecular weight is 204 g/mol. The number of hydrazine groups is 1. The van der Waals surface area contributed by atoms with E-state index in [1.54, 1.807) is 18.2 Å². The summed E-state index contributed by atoms with van der Waals surface area (Å²) in [6.45, 7) is 0.307. The Morgan fingerprint density at radius 1 is 1.40 bits per heavy atom. The number of nitrogens with one attached hydrogen (secondary N) is 2. The Hall–Kier alpha value is -2.08. The molecule has 76 valence electrons. The molecule has 1 aromatic heterocycles. The molecule has 0 radical (unpaired) electrons. The van der Waals surface area contributed by atoms with Crippen LogP contribution in [0.5, 0.6) is 0 Å². The number of para-hydroxylation sites is 1. The summed E-state index contributed by atoms with van der Waals surface area (Å²) < 4.78 is 1.78. The van der Waals surface area contributed by atoms with Crippen LogP contribution in [-0.2, 0) is 6.67 Å². The van der Waals surface area contributed by atoms with Crippen molar-refractivity contribution in [3.63, 3.8) is 0 Å². The predicted molar refractivity (Wildman–Crippen MR) is 53.9 cm³/mol. The smallest absolute Gasteiger partial charge is 0.504 e. The molecule has 1 aliphatic rings. The maximum atomic E-state index is 11.6. The number of aromatic nitrogens is 2. The lowest BCUT2D eigenvalue weighted by atomic mass is 10.2. The van der Waals surface area contributed by atoms with Crippen LogP contribution in [0.3, 0.4) is 0 Å². The van der Waals surface area contributed by atoms with Crippen molar-refractivity contribution in [3.05, 3.63) is 40.0 Å². The normalized spacial score (nSPS) is 13.9. The van der Waals surface area contributed by atoms with Gasteiger partial charge in [0, 0.05) is 0 Å². The van der Waals surface area contributed by atoms with Gasteiger partial charge in [0.05, 0.1) is 5.39 Å². The van der Waals surface area contributed by atoms with Crippen LogP contribution in [0.15, 0.2) is 29.1 Å². The molecule has 0 spiro atoms. The third kappa shape index (κ3) is 0.962. The molecular formula is C9H8N4O2. The first-order valence-corrected chi connectivity index (χ1v) is 4.53. The van der Waals surface area contributed by atoms with E-state index in [1.165, 1.54) is 4.57 Å². The molecule has 0 aliphatic carbocycles. The number of hydrogen-bond acceptors (Lipinski definition) is 4. The van der Waals surface area contributed by atoms with E-state index < -0.39 is 5.69 Å². The van der Waals surface area contributed by atoms with Gasteiger partial charge in [0.15, 0.2) is 6.67 Å². The second kappa shape index (κ2) is 2.71. The molecule has 0 bridgehead atoms. The Balaban J connectivity index is 2.58. The Bertz CT molecular complexity index is 605. The van der Waals surface area contributed by atoms with Crippen molar-refractivity contribution in [2.75, 3.05) is 5.43 Å². The highest BCUT2D eigenvalue weighted by Crippen LogP contribution is 2.19. The topological polar surface area (TPSA) is 73.0 Å². The van der Waals surface area contributed by atoms with Gasteiger partial charge in [-0.05, 0) is 12.1 Å². The van der Waals surface area contributed by atoms with Gasteiger partial charge in [-0.2, -0.15) is 19.5 Å². The van der Waals surface area contributed by atoms with Crippen molar-refractivity contribution < 1.29 is 4.73 Å². The lowest BCUT2D eigenvalue weighted by Gasteiger charge is -2.07. The minimum atomic E-state index is -0.568. The van der Waals surface area contributed by atoms with E-state index in [4.69, 9.17) is 0 Å². The molecule has 6 heteroatoms. The van der Waals surface area contributed by atoms with E-state index >= 15 is 0 Å². The monoisotopic (exact) mass is 204 g/mol. The van der Waals surface area contributed by atoms with Crippen molar-refractivity contribution >= 4 is 16.7 Å². The third-order valence-electron chi connectivity index (χ3n) is 2.50. The van der Waals surface area contributed by atoms with Gasteiger partial charge in [0.2, 0.25) is 5.82 Å². The number of fused-ring (bicyclic) bond motifs is 3. The fourth-order valence-electron chi connectivity index (χ4n) is 1.79. The quantitative estimate of drug-likeness (QED) is 0.449. The number of anilines is 1. The minimum Gasteiger partial charge on any atom is -0.708 e. The maximum absolute atomic E-state index is 11.6. The molecular weight excluding hydrogens is 196 g/mol. The second-order valence-electron chi connectivity index (χ2n) is 3.33. The van der Waals surface area contributed by atoms with Gasteiger partial charge in [0.1, 0.15) is 5.52 Å². The van der Waals surface area contributed by atoms with Gasteiger partial charge in [-0.25, -0.2) is 0 Å². The summed E-state index contributed by atoms with van der Waals surface area (Å²) in [6, 6.07) is 6.99. The predicted octanol–water partition coefficient (Wildman–Crippen LogP) is -0.478. The zero-order chi connectivity index (χ0) is 10.4. The standard InChI is InChI=1S/C9H8N4O2/c14-9-12-5-10-11-8(12)6-3-1-2-4-7(6)13(9)15/h1-4,10-11H,5H2. The molecule has 0 unspecified atom stereocenters. The summed E-state index contributed by atoms with van der Waals surface area (Å²) in [5.74, 6) is 0.641. The molecule has 0 atom stereocenters. The second-order valence-corrected chi connectivity index (χ2v) is 3.33. The summed E-state index contributed by atoms with van der Waals surface area (Å²) in [5.41, 5.74) is 5.49. The molecule has 0 saturated heterocycles. The molecule has 3 rings (SSSR count). The first kappa shape index (κ1) is 8.25. The van der Waals surface area contributed by atoms with Crippen molar-refractivity contribution in [2.45, 2.75) is 6.67 Å². The number of nitrogens with zero attached hydrogens (tertiary/aromatic N) is 2. The zero-order valence-corrected chi connectivity index (χ0v) is 7.73. The van der Waals surface area contributed by atoms with Gasteiger partial charge in [-0.15, -0.1) is 0 Å². The number of benzene rings is 1. The van der Waals surface area contributed by atoms with Crippen LogP contribution in [0, 0.1) is 5.21 Å². The van der Waals surface area contributed by atoms with Crippen LogP contribution >= 0.6 is 0 Å². The minimum absolute atomic E-state index is 0.307. The molecule has 2 N–H and O–H groups in total.